The van der Waals surface area contributed by atoms with Gasteiger partial charge in [-0.25, -0.2) is 0 Å². The third-order valence-electron chi connectivity index (χ3n) is 1.73. The second-order valence-electron chi connectivity index (χ2n) is 2.62. The Kier molecular flexibility index (Phi) is 3.85. The predicted octanol–water partition coefficient (Wildman–Crippen LogP) is -1.84. The van der Waals surface area contributed by atoms with E-state index in [1.54, 1.807) is 0 Å². The van der Waals surface area contributed by atoms with Gasteiger partial charge in [-0.05, 0) is 0 Å². The van der Waals surface area contributed by atoms with Crippen LogP contribution in [0.5, 0.6) is 0 Å². The van der Waals surface area contributed by atoms with Crippen molar-refractivity contribution in [3.8, 4) is 0 Å². The first-order valence-electron chi connectivity index (χ1n) is 4.05. The van der Waals surface area contributed by atoms with Gasteiger partial charge < -0.3 is 9.30 Å². The summed E-state index contributed by atoms with van der Waals surface area (Å²) in [6.45, 7) is 9.02. The van der Waals surface area contributed by atoms with Gasteiger partial charge in [-0.2, -0.15) is 0 Å². The van der Waals surface area contributed by atoms with Crippen molar-refractivity contribution < 1.29 is 0 Å². The molecule has 68 valence electrons. The summed E-state index contributed by atoms with van der Waals surface area (Å²) in [5, 5.41) is 0. The summed E-state index contributed by atoms with van der Waals surface area (Å²) in [6, 6.07) is 0. The molecule has 0 saturated carbocycles. The fraction of sp³-hybridized carbons (Fsp3) is 0.333. The van der Waals surface area contributed by atoms with Crippen LogP contribution < -0.4 is 19.3 Å². The Morgan fingerprint density at radius 2 is 1.67 bits per heavy atom. The Bertz CT molecular complexity index is 155. The van der Waals surface area contributed by atoms with Crippen LogP contribution in [0.4, 0.5) is 0 Å². The summed E-state index contributed by atoms with van der Waals surface area (Å²) >= 11 is 0. The van der Waals surface area contributed by atoms with Crippen LogP contribution in [0.3, 0.4) is 0 Å². The predicted molar refractivity (Wildman–Crippen MR) is 57.0 cm³/mol. The van der Waals surface area contributed by atoms with Gasteiger partial charge in [-0.1, -0.05) is 12.2 Å². The second-order valence-corrected chi connectivity index (χ2v) is 8.01. The Balaban J connectivity index is 2.28. The zero-order valence-corrected chi connectivity index (χ0v) is 9.60. The second kappa shape index (κ2) is 4.70. The van der Waals surface area contributed by atoms with Gasteiger partial charge in [0.25, 0.3) is 0 Å². The van der Waals surface area contributed by atoms with Crippen LogP contribution >= 0.6 is 0 Å². The number of nitrogens with one attached hydrogen (secondary N) is 4. The van der Waals surface area contributed by atoms with Crippen LogP contribution in [-0.4, -0.2) is 31.7 Å². The van der Waals surface area contributed by atoms with E-state index >= 15 is 0 Å². The topological polar surface area (TPSA) is 48.1 Å². The SMILES string of the molecule is C=CCN[Si]1(NCC=C)N[SiH2]N1. The monoisotopic (exact) mass is 200 g/mol. The molecule has 4 nitrogen and oxygen atoms in total. The molecular formula is C6H16N4Si2. The fourth-order valence-corrected chi connectivity index (χ4v) is 6.18. The highest BCUT2D eigenvalue weighted by Crippen LogP contribution is 1.88. The summed E-state index contributed by atoms with van der Waals surface area (Å²) in [6.07, 6.45) is 3.74. The molecule has 1 fully saturated rings. The highest BCUT2D eigenvalue weighted by atomic mass is 28.5. The van der Waals surface area contributed by atoms with Crippen LogP contribution in [-0.2, 0) is 0 Å². The molecule has 0 atom stereocenters. The lowest BCUT2D eigenvalue weighted by atomic mass is 10.7. The van der Waals surface area contributed by atoms with Gasteiger partial charge in [0.15, 0.2) is 9.84 Å². The van der Waals surface area contributed by atoms with Gasteiger partial charge in [0.05, 0.1) is 0 Å². The fourth-order valence-electron chi connectivity index (χ4n) is 1.03. The number of hydrogen-bond acceptors (Lipinski definition) is 4. The lowest BCUT2D eigenvalue weighted by Crippen LogP contribution is -2.91. The lowest BCUT2D eigenvalue weighted by Gasteiger charge is -2.41. The van der Waals surface area contributed by atoms with Crippen LogP contribution in [0.15, 0.2) is 25.3 Å². The summed E-state index contributed by atoms with van der Waals surface area (Å²) in [5.41, 5.74) is 0. The average Bonchev–Trinajstić information content (AvgIpc) is 2.02. The van der Waals surface area contributed by atoms with Crippen molar-refractivity contribution in [3.05, 3.63) is 25.3 Å². The Labute approximate surface area is 76.8 Å². The van der Waals surface area contributed by atoms with Gasteiger partial charge in [-0.15, -0.1) is 13.2 Å². The first-order valence-corrected chi connectivity index (χ1v) is 7.46. The molecule has 1 rings (SSSR count). The minimum absolute atomic E-state index is 0.187. The maximum atomic E-state index is 3.67. The van der Waals surface area contributed by atoms with E-state index < -0.39 is 8.72 Å². The first kappa shape index (κ1) is 9.84. The minimum Gasteiger partial charge on any atom is -0.316 e. The summed E-state index contributed by atoms with van der Waals surface area (Å²) in [4.78, 5) is 6.78. The normalized spacial score (nSPS) is 19.7. The summed E-state index contributed by atoms with van der Waals surface area (Å²) < 4.78 is 6.96. The zero-order chi connectivity index (χ0) is 8.86. The third kappa shape index (κ3) is 2.37. The summed E-state index contributed by atoms with van der Waals surface area (Å²) in [5.74, 6) is 0. The minimum atomic E-state index is -1.67. The van der Waals surface area contributed by atoms with E-state index in [1.807, 2.05) is 12.2 Å². The van der Waals surface area contributed by atoms with Crippen molar-refractivity contribution in [2.24, 2.45) is 0 Å². The zero-order valence-electron chi connectivity index (χ0n) is 7.19. The molecule has 0 aromatic rings. The van der Waals surface area contributed by atoms with Crippen molar-refractivity contribution in [2.45, 2.75) is 0 Å². The van der Waals surface area contributed by atoms with Gasteiger partial charge >= 0.3 is 8.72 Å². The van der Waals surface area contributed by atoms with E-state index in [-0.39, 0.29) is 9.84 Å². The molecule has 0 aromatic heterocycles. The van der Waals surface area contributed by atoms with E-state index in [9.17, 15) is 0 Å². The largest absolute Gasteiger partial charge is 0.354 e. The molecule has 4 N–H and O–H groups in total. The van der Waals surface area contributed by atoms with Crippen molar-refractivity contribution in [2.75, 3.05) is 13.1 Å². The first-order chi connectivity index (χ1) is 5.83. The van der Waals surface area contributed by atoms with Gasteiger partial charge in [0, 0.05) is 13.1 Å². The van der Waals surface area contributed by atoms with Crippen molar-refractivity contribution >= 4 is 18.6 Å². The Morgan fingerprint density at radius 1 is 1.17 bits per heavy atom. The standard InChI is InChI=1S/C6H16N4Si2/c1-3-5-7-12(8-6-4-2)9-11-10-12/h3-4,7-10H,1-2,5-6,11H2. The number of hydrogen-bond donors (Lipinski definition) is 4. The van der Waals surface area contributed by atoms with Gasteiger partial charge in [0.1, 0.15) is 0 Å². The van der Waals surface area contributed by atoms with E-state index in [0.29, 0.717) is 0 Å². The molecule has 6 heteroatoms. The van der Waals surface area contributed by atoms with E-state index in [4.69, 9.17) is 0 Å². The molecule has 0 aromatic carbocycles. The summed E-state index contributed by atoms with van der Waals surface area (Å²) in [7, 11) is -1.85. The molecule has 0 aliphatic carbocycles. The van der Waals surface area contributed by atoms with Crippen LogP contribution in [0.2, 0.25) is 0 Å². The molecular weight excluding hydrogens is 184 g/mol. The van der Waals surface area contributed by atoms with Crippen LogP contribution in [0.1, 0.15) is 0 Å². The Morgan fingerprint density at radius 3 is 1.92 bits per heavy atom. The van der Waals surface area contributed by atoms with E-state index in [1.165, 1.54) is 0 Å². The average molecular weight is 200 g/mol. The molecule has 0 spiro atoms. The lowest BCUT2D eigenvalue weighted by molar-refractivity contribution is 0.818. The molecule has 0 amide bonds. The van der Waals surface area contributed by atoms with Crippen LogP contribution in [0, 0.1) is 0 Å². The Hall–Kier alpha value is -0.246. The highest BCUT2D eigenvalue weighted by molar-refractivity contribution is 6.89. The molecule has 0 radical (unpaired) electrons. The molecule has 0 unspecified atom stereocenters. The molecule has 0 bridgehead atoms. The maximum Gasteiger partial charge on any atom is 0.354 e. The van der Waals surface area contributed by atoms with Crippen molar-refractivity contribution in [1.82, 2.24) is 19.3 Å². The van der Waals surface area contributed by atoms with Gasteiger partial charge in [0.2, 0.25) is 0 Å². The molecule has 1 saturated heterocycles. The maximum absolute atomic E-state index is 3.67. The molecule has 1 heterocycles. The highest BCUT2D eigenvalue weighted by Gasteiger charge is 2.39. The number of rotatable bonds is 6. The third-order valence-corrected chi connectivity index (χ3v) is 8.86. The molecule has 1 aliphatic heterocycles. The van der Waals surface area contributed by atoms with E-state index in [2.05, 4.69) is 32.4 Å². The quantitative estimate of drug-likeness (QED) is 0.301. The molecule has 1 aliphatic rings. The van der Waals surface area contributed by atoms with Gasteiger partial charge in [-0.3, -0.25) is 9.96 Å². The van der Waals surface area contributed by atoms with Crippen molar-refractivity contribution in [1.29, 1.82) is 0 Å². The van der Waals surface area contributed by atoms with Crippen LogP contribution in [0.25, 0.3) is 0 Å². The van der Waals surface area contributed by atoms with E-state index in [0.717, 1.165) is 13.1 Å². The molecule has 12 heavy (non-hydrogen) atoms. The van der Waals surface area contributed by atoms with Crippen molar-refractivity contribution in [3.63, 3.8) is 0 Å². The smallest absolute Gasteiger partial charge is 0.316 e.